The fourth-order valence-electron chi connectivity index (χ4n) is 2.90. The van der Waals surface area contributed by atoms with E-state index in [-0.39, 0.29) is 12.4 Å². The van der Waals surface area contributed by atoms with E-state index in [4.69, 9.17) is 4.99 Å². The molecule has 0 fully saturated rings. The van der Waals surface area contributed by atoms with Gasteiger partial charge in [0.15, 0.2) is 0 Å². The minimum absolute atomic E-state index is 0. The Morgan fingerprint density at radius 2 is 1.59 bits per heavy atom. The van der Waals surface area contributed by atoms with E-state index >= 15 is 0 Å². The molecule has 0 bridgehead atoms. The Morgan fingerprint density at radius 1 is 0.818 bits per heavy atom. The van der Waals surface area contributed by atoms with Crippen LogP contribution >= 0.6 is 12.4 Å². The Kier molecular flexibility index (Phi) is 4.12. The third kappa shape index (κ3) is 2.58. The highest BCUT2D eigenvalue weighted by atomic mass is 35.5. The van der Waals surface area contributed by atoms with Crippen molar-refractivity contribution in [2.45, 2.75) is 6.42 Å². The normalized spacial score (nSPS) is 13.9. The Labute approximate surface area is 136 Å². The summed E-state index contributed by atoms with van der Waals surface area (Å²) in [7, 11) is 0. The second kappa shape index (κ2) is 6.20. The number of hydrogen-bond acceptors (Lipinski definition) is 1. The molecule has 3 aromatic carbocycles. The molecule has 3 aromatic rings. The molecule has 0 spiro atoms. The first-order valence-electron chi connectivity index (χ1n) is 7.29. The van der Waals surface area contributed by atoms with Crippen molar-refractivity contribution in [1.82, 2.24) is 0 Å². The van der Waals surface area contributed by atoms with Gasteiger partial charge in [0.2, 0.25) is 0 Å². The molecule has 22 heavy (non-hydrogen) atoms. The average molecular weight is 309 g/mol. The molecular weight excluding hydrogens is 292 g/mol. The largest absolute Gasteiger partial charge is 0.339 e. The highest BCUT2D eigenvalue weighted by molar-refractivity contribution is 6.25. The van der Waals surface area contributed by atoms with Gasteiger partial charge < -0.3 is 5.32 Å². The summed E-state index contributed by atoms with van der Waals surface area (Å²) in [5.41, 5.74) is 3.72. The first kappa shape index (κ1) is 14.6. The molecule has 4 rings (SSSR count). The molecule has 1 aliphatic rings. The molecule has 1 heterocycles. The van der Waals surface area contributed by atoms with Gasteiger partial charge in [-0.25, -0.2) is 0 Å². The summed E-state index contributed by atoms with van der Waals surface area (Å²) in [5, 5.41) is 6.00. The summed E-state index contributed by atoms with van der Waals surface area (Å²) >= 11 is 0. The van der Waals surface area contributed by atoms with Crippen LogP contribution < -0.4 is 5.32 Å². The predicted molar refractivity (Wildman–Crippen MR) is 96.4 cm³/mol. The SMILES string of the molecule is Cl.c1ccc(CCN=C2Nc3cccc4cccc2c34)cc1. The lowest BCUT2D eigenvalue weighted by molar-refractivity contribution is 0.969. The van der Waals surface area contributed by atoms with Crippen LogP contribution in [0.15, 0.2) is 71.7 Å². The van der Waals surface area contributed by atoms with Crippen LogP contribution in [0.4, 0.5) is 5.69 Å². The molecule has 0 amide bonds. The van der Waals surface area contributed by atoms with Crippen molar-refractivity contribution in [3.05, 3.63) is 77.9 Å². The van der Waals surface area contributed by atoms with E-state index in [1.54, 1.807) is 0 Å². The van der Waals surface area contributed by atoms with E-state index in [0.717, 1.165) is 18.8 Å². The van der Waals surface area contributed by atoms with E-state index in [2.05, 4.69) is 66.0 Å². The zero-order valence-corrected chi connectivity index (χ0v) is 12.9. The Bertz CT molecular complexity index is 820. The van der Waals surface area contributed by atoms with Crippen LogP contribution in [0, 0.1) is 0 Å². The number of aliphatic imine (C=N–C) groups is 1. The molecule has 3 heteroatoms. The highest BCUT2D eigenvalue weighted by Gasteiger charge is 2.18. The maximum atomic E-state index is 4.76. The van der Waals surface area contributed by atoms with Crippen LogP contribution in [-0.4, -0.2) is 12.4 Å². The molecule has 110 valence electrons. The van der Waals surface area contributed by atoms with Crippen molar-refractivity contribution in [2.24, 2.45) is 4.99 Å². The van der Waals surface area contributed by atoms with Crippen LogP contribution in [0.3, 0.4) is 0 Å². The van der Waals surface area contributed by atoms with Gasteiger partial charge in [0, 0.05) is 23.2 Å². The number of nitrogens with one attached hydrogen (secondary N) is 1. The van der Waals surface area contributed by atoms with E-state index in [9.17, 15) is 0 Å². The van der Waals surface area contributed by atoms with Crippen LogP contribution in [0.1, 0.15) is 11.1 Å². The maximum Gasteiger partial charge on any atom is 0.133 e. The van der Waals surface area contributed by atoms with E-state index in [1.807, 2.05) is 6.07 Å². The lowest BCUT2D eigenvalue weighted by Gasteiger charge is -2.02. The van der Waals surface area contributed by atoms with Gasteiger partial charge in [0.25, 0.3) is 0 Å². The van der Waals surface area contributed by atoms with Crippen LogP contribution in [-0.2, 0) is 6.42 Å². The second-order valence-electron chi connectivity index (χ2n) is 5.30. The van der Waals surface area contributed by atoms with Gasteiger partial charge in [0.05, 0.1) is 0 Å². The molecule has 1 aliphatic heterocycles. The lowest BCUT2D eigenvalue weighted by Crippen LogP contribution is -2.08. The quantitative estimate of drug-likeness (QED) is 0.746. The minimum atomic E-state index is 0. The topological polar surface area (TPSA) is 24.4 Å². The van der Waals surface area contributed by atoms with Crippen molar-refractivity contribution in [2.75, 3.05) is 11.9 Å². The fraction of sp³-hybridized carbons (Fsp3) is 0.105. The molecule has 0 aliphatic carbocycles. The van der Waals surface area contributed by atoms with Crippen LogP contribution in [0.5, 0.6) is 0 Å². The summed E-state index contributed by atoms with van der Waals surface area (Å²) < 4.78 is 0. The summed E-state index contributed by atoms with van der Waals surface area (Å²) in [5.74, 6) is 0.998. The zero-order chi connectivity index (χ0) is 14.1. The van der Waals surface area contributed by atoms with Crippen molar-refractivity contribution in [3.8, 4) is 0 Å². The first-order chi connectivity index (χ1) is 10.4. The molecule has 0 saturated heterocycles. The van der Waals surface area contributed by atoms with Crippen molar-refractivity contribution < 1.29 is 0 Å². The highest BCUT2D eigenvalue weighted by Crippen LogP contribution is 2.32. The molecule has 0 aromatic heterocycles. The molecule has 1 N–H and O–H groups in total. The molecular formula is C19H17ClN2. The number of rotatable bonds is 3. The third-order valence-corrected chi connectivity index (χ3v) is 3.93. The molecule has 2 nitrogen and oxygen atoms in total. The molecule has 0 unspecified atom stereocenters. The number of nitrogens with zero attached hydrogens (tertiary/aromatic N) is 1. The summed E-state index contributed by atoms with van der Waals surface area (Å²) in [6.45, 7) is 0.802. The minimum Gasteiger partial charge on any atom is -0.339 e. The molecule has 0 saturated carbocycles. The van der Waals surface area contributed by atoms with Gasteiger partial charge in [-0.05, 0) is 23.4 Å². The van der Waals surface area contributed by atoms with Crippen LogP contribution in [0.25, 0.3) is 10.8 Å². The Balaban J connectivity index is 0.00000144. The third-order valence-electron chi connectivity index (χ3n) is 3.93. The maximum absolute atomic E-state index is 4.76. The number of benzene rings is 3. The summed E-state index contributed by atoms with van der Waals surface area (Å²) in [4.78, 5) is 4.76. The number of halogens is 1. The van der Waals surface area contributed by atoms with E-state index < -0.39 is 0 Å². The summed E-state index contributed by atoms with van der Waals surface area (Å²) in [6, 6.07) is 23.2. The van der Waals surface area contributed by atoms with Crippen molar-refractivity contribution in [3.63, 3.8) is 0 Å². The van der Waals surface area contributed by atoms with E-state index in [1.165, 1.54) is 27.6 Å². The first-order valence-corrected chi connectivity index (χ1v) is 7.29. The standard InChI is InChI=1S/C19H16N2.ClH/c1-2-6-14(7-3-1)12-13-20-19-16-10-4-8-15-9-5-11-17(21-19)18(15)16;/h1-11H,12-13H2,(H,20,21);1H. The second-order valence-corrected chi connectivity index (χ2v) is 5.30. The van der Waals surface area contributed by atoms with Gasteiger partial charge in [-0.3, -0.25) is 4.99 Å². The van der Waals surface area contributed by atoms with Crippen LogP contribution in [0.2, 0.25) is 0 Å². The molecule has 0 atom stereocenters. The van der Waals surface area contributed by atoms with Gasteiger partial charge in [-0.2, -0.15) is 0 Å². The zero-order valence-electron chi connectivity index (χ0n) is 12.1. The Morgan fingerprint density at radius 3 is 2.41 bits per heavy atom. The van der Waals surface area contributed by atoms with Gasteiger partial charge >= 0.3 is 0 Å². The van der Waals surface area contributed by atoms with Crippen molar-refractivity contribution in [1.29, 1.82) is 0 Å². The lowest BCUT2D eigenvalue weighted by atomic mass is 10.1. The van der Waals surface area contributed by atoms with E-state index in [0.29, 0.717) is 0 Å². The summed E-state index contributed by atoms with van der Waals surface area (Å²) in [6.07, 6.45) is 0.971. The van der Waals surface area contributed by atoms with Crippen molar-refractivity contribution >= 4 is 34.7 Å². The average Bonchev–Trinajstić information content (AvgIpc) is 2.89. The van der Waals surface area contributed by atoms with Gasteiger partial charge in [-0.1, -0.05) is 60.7 Å². The van der Waals surface area contributed by atoms with Gasteiger partial charge in [0.1, 0.15) is 5.84 Å². The molecule has 0 radical (unpaired) electrons. The Hall–Kier alpha value is -2.32. The fourth-order valence-corrected chi connectivity index (χ4v) is 2.90. The number of hydrogen-bond donors (Lipinski definition) is 1. The number of anilines is 1. The number of amidine groups is 1. The monoisotopic (exact) mass is 308 g/mol. The van der Waals surface area contributed by atoms with Gasteiger partial charge in [-0.15, -0.1) is 12.4 Å². The predicted octanol–water partition coefficient (Wildman–Crippen LogP) is 4.68. The smallest absolute Gasteiger partial charge is 0.133 e.